The van der Waals surface area contributed by atoms with E-state index in [-0.39, 0.29) is 30.8 Å². The maximum Gasteiger partial charge on any atom is 0.166 e. The van der Waals surface area contributed by atoms with E-state index in [9.17, 15) is 0 Å². The van der Waals surface area contributed by atoms with Gasteiger partial charge in [0.1, 0.15) is 25.7 Å². The fourth-order valence-electron chi connectivity index (χ4n) is 1.36. The van der Waals surface area contributed by atoms with Crippen molar-refractivity contribution in [3.8, 4) is 6.07 Å². The summed E-state index contributed by atoms with van der Waals surface area (Å²) in [5, 5.41) is 35.0. The molecule has 5 heteroatoms. The Morgan fingerprint density at radius 3 is 1.54 bits per heavy atom. The molecule has 0 fully saturated rings. The summed E-state index contributed by atoms with van der Waals surface area (Å²) in [7, 11) is 0. The summed E-state index contributed by atoms with van der Waals surface area (Å²) in [6, 6.07) is 2.00. The minimum absolute atomic E-state index is 0.0400. The maximum atomic E-state index is 8.79. The van der Waals surface area contributed by atoms with E-state index in [1.54, 1.807) is 0 Å². The van der Waals surface area contributed by atoms with Crippen LogP contribution in [0.15, 0.2) is 0 Å². The number of hydrogen-bond donors (Lipinski definition) is 3. The summed E-state index contributed by atoms with van der Waals surface area (Å²) in [6.07, 6.45) is 0. The molecule has 0 spiro atoms. The van der Waals surface area contributed by atoms with Crippen LogP contribution in [0, 0.1) is 11.3 Å². The number of aliphatic hydroxyl groups excluding tert-OH is 3. The zero-order valence-corrected chi connectivity index (χ0v) is 7.69. The van der Waals surface area contributed by atoms with Crippen molar-refractivity contribution in [2.75, 3.05) is 46.0 Å². The van der Waals surface area contributed by atoms with Gasteiger partial charge in [0.2, 0.25) is 0 Å². The van der Waals surface area contributed by atoms with Crippen LogP contribution in [0.2, 0.25) is 0 Å². The molecule has 0 aromatic heterocycles. The largest absolute Gasteiger partial charge is 0.391 e. The quantitative estimate of drug-likeness (QED) is 0.329. The third-order valence-electron chi connectivity index (χ3n) is 2.13. The van der Waals surface area contributed by atoms with E-state index in [1.165, 1.54) is 0 Å². The molecule has 0 saturated carbocycles. The van der Waals surface area contributed by atoms with E-state index in [0.29, 0.717) is 19.6 Å². The molecule has 0 aliphatic rings. The number of hydrogen-bond acceptors (Lipinski definition) is 4. The van der Waals surface area contributed by atoms with Crippen LogP contribution in [0.4, 0.5) is 0 Å². The Hall–Kier alpha value is -0.670. The van der Waals surface area contributed by atoms with Crippen molar-refractivity contribution in [3.05, 3.63) is 0 Å². The van der Waals surface area contributed by atoms with Gasteiger partial charge in [-0.15, -0.1) is 0 Å². The third-order valence-corrected chi connectivity index (χ3v) is 2.13. The van der Waals surface area contributed by atoms with Gasteiger partial charge >= 0.3 is 0 Å². The lowest BCUT2D eigenvalue weighted by molar-refractivity contribution is -0.922. The second-order valence-corrected chi connectivity index (χ2v) is 3.00. The molecule has 0 aromatic carbocycles. The predicted molar refractivity (Wildman–Crippen MR) is 46.6 cm³/mol. The Morgan fingerprint density at radius 1 is 0.923 bits per heavy atom. The summed E-state index contributed by atoms with van der Waals surface area (Å²) in [6.45, 7) is 1.28. The van der Waals surface area contributed by atoms with E-state index in [4.69, 9.17) is 20.6 Å². The Balaban J connectivity index is 4.29. The Kier molecular flexibility index (Phi) is 6.45. The highest BCUT2D eigenvalue weighted by atomic mass is 16.3. The highest BCUT2D eigenvalue weighted by molar-refractivity contribution is 4.69. The van der Waals surface area contributed by atoms with Crippen molar-refractivity contribution >= 4 is 0 Å². The summed E-state index contributed by atoms with van der Waals surface area (Å²) in [5.74, 6) is 0. The van der Waals surface area contributed by atoms with Crippen molar-refractivity contribution in [2.24, 2.45) is 0 Å². The van der Waals surface area contributed by atoms with Crippen LogP contribution in [0.5, 0.6) is 0 Å². The van der Waals surface area contributed by atoms with E-state index >= 15 is 0 Å². The normalized spacial score (nSPS) is 11.2. The van der Waals surface area contributed by atoms with E-state index in [2.05, 4.69) is 0 Å². The fourth-order valence-corrected chi connectivity index (χ4v) is 1.36. The molecule has 0 amide bonds. The summed E-state index contributed by atoms with van der Waals surface area (Å²) in [4.78, 5) is 0. The Bertz CT molecular complexity index is 150. The van der Waals surface area contributed by atoms with Crippen molar-refractivity contribution in [2.45, 2.75) is 0 Å². The van der Waals surface area contributed by atoms with Gasteiger partial charge in [0.25, 0.3) is 0 Å². The minimum atomic E-state index is -0.0400. The van der Waals surface area contributed by atoms with Gasteiger partial charge in [0.15, 0.2) is 6.54 Å². The van der Waals surface area contributed by atoms with Crippen LogP contribution >= 0.6 is 0 Å². The molecule has 0 rings (SSSR count). The second-order valence-electron chi connectivity index (χ2n) is 3.00. The van der Waals surface area contributed by atoms with E-state index in [1.807, 2.05) is 6.07 Å². The molecule has 3 N–H and O–H groups in total. The SMILES string of the molecule is N#CC[N+](CCO)(CCO)CCO. The predicted octanol–water partition coefficient (Wildman–Crippen LogP) is -1.70. The van der Waals surface area contributed by atoms with E-state index < -0.39 is 0 Å². The van der Waals surface area contributed by atoms with Crippen molar-refractivity contribution in [1.29, 1.82) is 5.26 Å². The summed E-state index contributed by atoms with van der Waals surface area (Å²) < 4.78 is 0.264. The van der Waals surface area contributed by atoms with Gasteiger partial charge in [-0.1, -0.05) is 0 Å². The molecule has 0 radical (unpaired) electrons. The molecule has 76 valence electrons. The van der Waals surface area contributed by atoms with Crippen molar-refractivity contribution in [1.82, 2.24) is 0 Å². The average molecular weight is 189 g/mol. The van der Waals surface area contributed by atoms with Crippen LogP contribution in [-0.2, 0) is 0 Å². The number of nitrogens with zero attached hydrogens (tertiary/aromatic N) is 2. The molecule has 0 atom stereocenters. The smallest absolute Gasteiger partial charge is 0.166 e. The topological polar surface area (TPSA) is 84.5 Å². The standard InChI is InChI=1S/C8H17N2O3/c9-1-2-10(3-6-11,4-7-12)5-8-13/h11-13H,2-8H2/q+1. The lowest BCUT2D eigenvalue weighted by Gasteiger charge is -2.34. The first-order valence-electron chi connectivity index (χ1n) is 4.29. The molecule has 13 heavy (non-hydrogen) atoms. The molecular formula is C8H17N2O3+. The molecule has 5 nitrogen and oxygen atoms in total. The maximum absolute atomic E-state index is 8.79. The molecule has 0 aliphatic carbocycles. The number of aliphatic hydroxyl groups is 3. The van der Waals surface area contributed by atoms with Gasteiger partial charge in [-0.2, -0.15) is 5.26 Å². The second kappa shape index (κ2) is 6.80. The monoisotopic (exact) mass is 189 g/mol. The van der Waals surface area contributed by atoms with Crippen LogP contribution < -0.4 is 0 Å². The highest BCUT2D eigenvalue weighted by Gasteiger charge is 2.25. The Morgan fingerprint density at radius 2 is 1.31 bits per heavy atom. The number of nitriles is 1. The molecule has 0 unspecified atom stereocenters. The van der Waals surface area contributed by atoms with Gasteiger partial charge in [-0.3, -0.25) is 0 Å². The average Bonchev–Trinajstić information content (AvgIpc) is 2.06. The molecule has 0 saturated heterocycles. The van der Waals surface area contributed by atoms with Crippen LogP contribution in [0.1, 0.15) is 0 Å². The minimum Gasteiger partial charge on any atom is -0.391 e. The first-order chi connectivity index (χ1) is 6.24. The molecule has 0 heterocycles. The van der Waals surface area contributed by atoms with Crippen LogP contribution in [0.25, 0.3) is 0 Å². The van der Waals surface area contributed by atoms with Crippen LogP contribution in [0.3, 0.4) is 0 Å². The third kappa shape index (κ3) is 4.20. The lowest BCUT2D eigenvalue weighted by atomic mass is 10.3. The zero-order valence-electron chi connectivity index (χ0n) is 7.69. The molecular weight excluding hydrogens is 172 g/mol. The Labute approximate surface area is 78.0 Å². The van der Waals surface area contributed by atoms with Crippen molar-refractivity contribution in [3.63, 3.8) is 0 Å². The summed E-state index contributed by atoms with van der Waals surface area (Å²) >= 11 is 0. The van der Waals surface area contributed by atoms with Gasteiger partial charge < -0.3 is 19.8 Å². The zero-order chi connectivity index (χ0) is 10.2. The van der Waals surface area contributed by atoms with Gasteiger partial charge in [-0.05, 0) is 0 Å². The lowest BCUT2D eigenvalue weighted by Crippen LogP contribution is -2.53. The molecule has 0 aromatic rings. The first-order valence-corrected chi connectivity index (χ1v) is 4.29. The van der Waals surface area contributed by atoms with Gasteiger partial charge in [0.05, 0.1) is 19.8 Å². The van der Waals surface area contributed by atoms with Gasteiger partial charge in [-0.25, -0.2) is 0 Å². The fraction of sp³-hybridized carbons (Fsp3) is 0.875. The molecule has 0 bridgehead atoms. The molecule has 0 aliphatic heterocycles. The van der Waals surface area contributed by atoms with Crippen molar-refractivity contribution < 1.29 is 19.8 Å². The van der Waals surface area contributed by atoms with E-state index in [0.717, 1.165) is 0 Å². The van der Waals surface area contributed by atoms with Crippen LogP contribution in [-0.4, -0.2) is 65.8 Å². The summed E-state index contributed by atoms with van der Waals surface area (Å²) in [5.41, 5.74) is 0. The van der Waals surface area contributed by atoms with Gasteiger partial charge in [0, 0.05) is 0 Å². The first kappa shape index (κ1) is 12.3. The highest BCUT2D eigenvalue weighted by Crippen LogP contribution is 2.04. The number of rotatable bonds is 7. The number of quaternary nitrogens is 1.